The van der Waals surface area contributed by atoms with Crippen molar-refractivity contribution >= 4 is 27.3 Å². The van der Waals surface area contributed by atoms with E-state index < -0.39 is 0 Å². The Balaban J connectivity index is 1.42. The number of hydrogen-bond donors (Lipinski definition) is 0. The number of amides is 1. The van der Waals surface area contributed by atoms with Gasteiger partial charge in [-0.2, -0.15) is 0 Å². The minimum Gasteiger partial charge on any atom is -0.337 e. The van der Waals surface area contributed by atoms with E-state index in [4.69, 9.17) is 0 Å². The van der Waals surface area contributed by atoms with Crippen LogP contribution in [0.4, 0.5) is 0 Å². The van der Waals surface area contributed by atoms with Gasteiger partial charge >= 0.3 is 0 Å². The van der Waals surface area contributed by atoms with Crippen LogP contribution in [0.5, 0.6) is 0 Å². The van der Waals surface area contributed by atoms with E-state index in [2.05, 4.69) is 28.1 Å². The van der Waals surface area contributed by atoms with Crippen LogP contribution < -0.4 is 0 Å². The molecular formula is C20H21N3OS. The van der Waals surface area contributed by atoms with E-state index in [9.17, 15) is 4.79 Å². The number of nitrogens with zero attached hydrogens (tertiary/aromatic N) is 3. The smallest absolute Gasteiger partial charge is 0.264 e. The number of rotatable bonds is 3. The van der Waals surface area contributed by atoms with Gasteiger partial charge in [0.1, 0.15) is 0 Å². The summed E-state index contributed by atoms with van der Waals surface area (Å²) in [6.45, 7) is 4.36. The quantitative estimate of drug-likeness (QED) is 0.723. The van der Waals surface area contributed by atoms with Gasteiger partial charge in [0.2, 0.25) is 0 Å². The Bertz CT molecular complexity index is 829. The van der Waals surface area contributed by atoms with Gasteiger partial charge in [-0.1, -0.05) is 24.3 Å². The van der Waals surface area contributed by atoms with E-state index in [0.29, 0.717) is 0 Å². The summed E-state index contributed by atoms with van der Waals surface area (Å²) in [5, 5.41) is 1.16. The van der Waals surface area contributed by atoms with Crippen molar-refractivity contribution in [3.05, 3.63) is 65.3 Å². The predicted octanol–water partition coefficient (Wildman–Crippen LogP) is 3.64. The lowest BCUT2D eigenvalue weighted by atomic mass is 10.2. The second-order valence-corrected chi connectivity index (χ2v) is 7.48. The molecule has 3 heterocycles. The zero-order chi connectivity index (χ0) is 17.1. The van der Waals surface area contributed by atoms with Gasteiger partial charge in [0.15, 0.2) is 0 Å². The van der Waals surface area contributed by atoms with Crippen molar-refractivity contribution in [1.29, 1.82) is 0 Å². The van der Waals surface area contributed by atoms with Crippen LogP contribution in [0.1, 0.15) is 21.8 Å². The van der Waals surface area contributed by atoms with Crippen LogP contribution in [0.25, 0.3) is 10.1 Å². The zero-order valence-electron chi connectivity index (χ0n) is 14.1. The first-order valence-electron chi connectivity index (χ1n) is 8.70. The van der Waals surface area contributed by atoms with Crippen LogP contribution in [-0.2, 0) is 6.54 Å². The van der Waals surface area contributed by atoms with Crippen molar-refractivity contribution in [3.63, 3.8) is 0 Å². The number of pyridine rings is 1. The molecule has 0 atom stereocenters. The van der Waals surface area contributed by atoms with Crippen LogP contribution in [0.15, 0.2) is 54.7 Å². The Kier molecular flexibility index (Phi) is 4.76. The summed E-state index contributed by atoms with van der Waals surface area (Å²) in [7, 11) is 0. The molecule has 0 saturated carbocycles. The van der Waals surface area contributed by atoms with E-state index in [1.807, 2.05) is 41.4 Å². The second-order valence-electron chi connectivity index (χ2n) is 6.39. The lowest BCUT2D eigenvalue weighted by Gasteiger charge is -2.21. The molecule has 4 rings (SSSR count). The van der Waals surface area contributed by atoms with Crippen molar-refractivity contribution in [2.45, 2.75) is 13.0 Å². The Morgan fingerprint density at radius 1 is 1.04 bits per heavy atom. The van der Waals surface area contributed by atoms with Crippen molar-refractivity contribution < 1.29 is 4.79 Å². The summed E-state index contributed by atoms with van der Waals surface area (Å²) in [4.78, 5) is 22.5. The minimum atomic E-state index is 0.167. The lowest BCUT2D eigenvalue weighted by Crippen LogP contribution is -2.34. The first-order valence-corrected chi connectivity index (χ1v) is 9.51. The number of hydrogen-bond acceptors (Lipinski definition) is 4. The summed E-state index contributed by atoms with van der Waals surface area (Å²) in [5.74, 6) is 0.167. The number of carbonyl (C=O) groups is 1. The summed E-state index contributed by atoms with van der Waals surface area (Å²) in [6.07, 6.45) is 2.84. The van der Waals surface area contributed by atoms with Crippen molar-refractivity contribution in [3.8, 4) is 0 Å². The molecule has 128 valence electrons. The Morgan fingerprint density at radius 2 is 1.92 bits per heavy atom. The van der Waals surface area contributed by atoms with Gasteiger partial charge in [-0.3, -0.25) is 14.7 Å². The van der Waals surface area contributed by atoms with Gasteiger partial charge in [-0.15, -0.1) is 11.3 Å². The normalized spacial score (nSPS) is 16.1. The largest absolute Gasteiger partial charge is 0.337 e. The molecule has 1 saturated heterocycles. The van der Waals surface area contributed by atoms with Crippen molar-refractivity contribution in [2.75, 3.05) is 26.2 Å². The van der Waals surface area contributed by atoms with Gasteiger partial charge in [0.05, 0.1) is 10.6 Å². The standard InChI is InChI=1S/C20H21N3OS/c24-20(19-14-16-6-1-2-8-18(16)25-19)23-11-5-10-22(12-13-23)15-17-7-3-4-9-21-17/h1-4,6-9,14H,5,10-13,15H2. The molecule has 1 amide bonds. The van der Waals surface area contributed by atoms with Gasteiger partial charge in [-0.25, -0.2) is 0 Å². The molecule has 0 radical (unpaired) electrons. The average molecular weight is 351 g/mol. The highest BCUT2D eigenvalue weighted by atomic mass is 32.1. The molecule has 0 bridgehead atoms. The molecule has 1 aliphatic heterocycles. The predicted molar refractivity (Wildman–Crippen MR) is 102 cm³/mol. The molecule has 3 aromatic rings. The number of fused-ring (bicyclic) bond motifs is 1. The summed E-state index contributed by atoms with van der Waals surface area (Å²) in [5.41, 5.74) is 1.09. The number of carbonyl (C=O) groups excluding carboxylic acids is 1. The highest BCUT2D eigenvalue weighted by Crippen LogP contribution is 2.26. The average Bonchev–Trinajstić information content (AvgIpc) is 2.95. The molecular weight excluding hydrogens is 330 g/mol. The van der Waals surface area contributed by atoms with Gasteiger partial charge in [-0.05, 0) is 36.1 Å². The summed E-state index contributed by atoms with van der Waals surface area (Å²) < 4.78 is 1.18. The molecule has 0 aliphatic carbocycles. The van der Waals surface area contributed by atoms with E-state index in [1.54, 1.807) is 11.3 Å². The minimum absolute atomic E-state index is 0.167. The molecule has 25 heavy (non-hydrogen) atoms. The van der Waals surface area contributed by atoms with Crippen LogP contribution in [0.3, 0.4) is 0 Å². The summed E-state index contributed by atoms with van der Waals surface area (Å²) in [6, 6.07) is 16.2. The van der Waals surface area contributed by atoms with Crippen LogP contribution in [0.2, 0.25) is 0 Å². The Hall–Kier alpha value is -2.24. The van der Waals surface area contributed by atoms with E-state index >= 15 is 0 Å². The molecule has 4 nitrogen and oxygen atoms in total. The first-order chi connectivity index (χ1) is 12.3. The SMILES string of the molecule is O=C(c1cc2ccccc2s1)N1CCCN(Cc2ccccn2)CC1. The molecule has 0 spiro atoms. The van der Waals surface area contributed by atoms with Crippen LogP contribution in [-0.4, -0.2) is 46.9 Å². The molecule has 2 aromatic heterocycles. The molecule has 1 fully saturated rings. The van der Waals surface area contributed by atoms with Gasteiger partial charge in [0, 0.05) is 43.6 Å². The number of aromatic nitrogens is 1. The molecule has 0 unspecified atom stereocenters. The Morgan fingerprint density at radius 3 is 2.76 bits per heavy atom. The topological polar surface area (TPSA) is 36.4 Å². The fourth-order valence-corrected chi connectivity index (χ4v) is 4.33. The molecule has 5 heteroatoms. The third kappa shape index (κ3) is 3.72. The number of benzene rings is 1. The van der Waals surface area contributed by atoms with Gasteiger partial charge < -0.3 is 4.90 Å². The maximum atomic E-state index is 12.9. The monoisotopic (exact) mass is 351 g/mol. The fourth-order valence-electron chi connectivity index (χ4n) is 3.30. The number of thiophene rings is 1. The molecule has 1 aromatic carbocycles. The van der Waals surface area contributed by atoms with Gasteiger partial charge in [0.25, 0.3) is 5.91 Å². The molecule has 0 N–H and O–H groups in total. The first kappa shape index (κ1) is 16.2. The van der Waals surface area contributed by atoms with Crippen molar-refractivity contribution in [2.24, 2.45) is 0 Å². The second kappa shape index (κ2) is 7.33. The molecule has 1 aliphatic rings. The van der Waals surface area contributed by atoms with Crippen LogP contribution in [0, 0.1) is 0 Å². The van der Waals surface area contributed by atoms with E-state index in [1.165, 1.54) is 4.70 Å². The third-order valence-electron chi connectivity index (χ3n) is 4.62. The van der Waals surface area contributed by atoms with E-state index in [-0.39, 0.29) is 5.91 Å². The zero-order valence-corrected chi connectivity index (χ0v) is 14.9. The lowest BCUT2D eigenvalue weighted by molar-refractivity contribution is 0.0766. The van der Waals surface area contributed by atoms with Crippen molar-refractivity contribution in [1.82, 2.24) is 14.8 Å². The van der Waals surface area contributed by atoms with Crippen LogP contribution >= 0.6 is 11.3 Å². The highest BCUT2D eigenvalue weighted by Gasteiger charge is 2.22. The maximum absolute atomic E-state index is 12.9. The highest BCUT2D eigenvalue weighted by molar-refractivity contribution is 7.20. The van der Waals surface area contributed by atoms with E-state index in [0.717, 1.165) is 55.1 Å². The third-order valence-corrected chi connectivity index (χ3v) is 5.73. The fraction of sp³-hybridized carbons (Fsp3) is 0.300. The summed E-state index contributed by atoms with van der Waals surface area (Å²) >= 11 is 1.59. The Labute approximate surface area is 151 Å². The maximum Gasteiger partial charge on any atom is 0.264 e.